The van der Waals surface area contributed by atoms with Gasteiger partial charge in [-0.1, -0.05) is 36.4 Å². The molecular formula is C16H15N3O. The number of benzene rings is 2. The predicted octanol–water partition coefficient (Wildman–Crippen LogP) is 2.26. The summed E-state index contributed by atoms with van der Waals surface area (Å²) in [5.41, 5.74) is 10.6. The SMILES string of the molecule is CN/C1=C(\N)c2ccccc2NC(=O)c2ccccc21. The fourth-order valence-corrected chi connectivity index (χ4v) is 2.46. The predicted molar refractivity (Wildman–Crippen MR) is 80.9 cm³/mol. The summed E-state index contributed by atoms with van der Waals surface area (Å²) in [5, 5.41) is 6.03. The minimum Gasteiger partial charge on any atom is -0.396 e. The molecule has 3 rings (SSSR count). The van der Waals surface area contributed by atoms with Gasteiger partial charge in [0, 0.05) is 23.7 Å². The van der Waals surface area contributed by atoms with Crippen LogP contribution in [0, 0.1) is 0 Å². The molecule has 0 aromatic heterocycles. The van der Waals surface area contributed by atoms with Crippen LogP contribution in [0.1, 0.15) is 21.5 Å². The molecule has 0 aliphatic carbocycles. The van der Waals surface area contributed by atoms with E-state index in [1.807, 2.05) is 42.5 Å². The van der Waals surface area contributed by atoms with Gasteiger partial charge >= 0.3 is 0 Å². The molecule has 0 radical (unpaired) electrons. The highest BCUT2D eigenvalue weighted by atomic mass is 16.1. The third-order valence-electron chi connectivity index (χ3n) is 3.43. The maximum atomic E-state index is 12.4. The van der Waals surface area contributed by atoms with Gasteiger partial charge in [-0.25, -0.2) is 0 Å². The number of amides is 1. The number of hydrogen-bond donors (Lipinski definition) is 3. The van der Waals surface area contributed by atoms with E-state index >= 15 is 0 Å². The summed E-state index contributed by atoms with van der Waals surface area (Å²) in [5.74, 6) is -0.131. The summed E-state index contributed by atoms with van der Waals surface area (Å²) in [7, 11) is 1.81. The first-order chi connectivity index (χ1) is 9.72. The zero-order chi connectivity index (χ0) is 14.1. The second kappa shape index (κ2) is 4.74. The van der Waals surface area contributed by atoms with E-state index in [4.69, 9.17) is 5.73 Å². The van der Waals surface area contributed by atoms with Crippen molar-refractivity contribution < 1.29 is 4.79 Å². The van der Waals surface area contributed by atoms with Crippen molar-refractivity contribution in [1.82, 2.24) is 5.32 Å². The Balaban J connectivity index is 2.35. The van der Waals surface area contributed by atoms with E-state index in [1.165, 1.54) is 0 Å². The van der Waals surface area contributed by atoms with Crippen LogP contribution in [0.5, 0.6) is 0 Å². The van der Waals surface area contributed by atoms with E-state index in [1.54, 1.807) is 13.1 Å². The van der Waals surface area contributed by atoms with Crippen molar-refractivity contribution in [3.63, 3.8) is 0 Å². The maximum absolute atomic E-state index is 12.4. The molecular weight excluding hydrogens is 250 g/mol. The molecule has 0 saturated heterocycles. The van der Waals surface area contributed by atoms with Crippen LogP contribution in [-0.2, 0) is 0 Å². The summed E-state index contributed by atoms with van der Waals surface area (Å²) < 4.78 is 0. The molecule has 4 N–H and O–H groups in total. The fourth-order valence-electron chi connectivity index (χ4n) is 2.46. The van der Waals surface area contributed by atoms with Gasteiger partial charge in [0.2, 0.25) is 0 Å². The highest BCUT2D eigenvalue weighted by Gasteiger charge is 2.21. The number of anilines is 1. The number of hydrogen-bond acceptors (Lipinski definition) is 3. The normalized spacial score (nSPS) is 17.4. The molecule has 4 heteroatoms. The van der Waals surface area contributed by atoms with Crippen molar-refractivity contribution in [3.8, 4) is 0 Å². The Morgan fingerprint density at radius 2 is 1.55 bits per heavy atom. The molecule has 0 bridgehead atoms. The quantitative estimate of drug-likeness (QED) is 0.741. The lowest BCUT2D eigenvalue weighted by Gasteiger charge is -2.21. The van der Waals surface area contributed by atoms with Gasteiger partial charge in [-0.3, -0.25) is 4.79 Å². The fraction of sp³-hybridized carbons (Fsp3) is 0.0625. The number of rotatable bonds is 1. The van der Waals surface area contributed by atoms with Gasteiger partial charge in [-0.05, 0) is 12.1 Å². The van der Waals surface area contributed by atoms with Crippen LogP contribution in [0.3, 0.4) is 0 Å². The summed E-state index contributed by atoms with van der Waals surface area (Å²) >= 11 is 0. The second-order valence-corrected chi connectivity index (χ2v) is 4.58. The Labute approximate surface area is 117 Å². The Morgan fingerprint density at radius 1 is 0.950 bits per heavy atom. The van der Waals surface area contributed by atoms with Crippen molar-refractivity contribution in [3.05, 3.63) is 65.2 Å². The van der Waals surface area contributed by atoms with Gasteiger partial charge in [0.1, 0.15) is 0 Å². The number of para-hydroxylation sites is 1. The lowest BCUT2D eigenvalue weighted by Crippen LogP contribution is -2.22. The van der Waals surface area contributed by atoms with Gasteiger partial charge in [0.05, 0.1) is 17.1 Å². The Kier molecular flexibility index (Phi) is 2.91. The molecule has 0 spiro atoms. The van der Waals surface area contributed by atoms with E-state index in [0.717, 1.165) is 22.5 Å². The van der Waals surface area contributed by atoms with Crippen LogP contribution < -0.4 is 16.4 Å². The maximum Gasteiger partial charge on any atom is 0.256 e. The van der Waals surface area contributed by atoms with Gasteiger partial charge in [-0.15, -0.1) is 0 Å². The van der Waals surface area contributed by atoms with Gasteiger partial charge in [0.15, 0.2) is 0 Å². The van der Waals surface area contributed by atoms with E-state index in [2.05, 4.69) is 10.6 Å². The number of carbonyl (C=O) groups excluding carboxylic acids is 1. The van der Waals surface area contributed by atoms with Crippen molar-refractivity contribution in [1.29, 1.82) is 0 Å². The minimum atomic E-state index is -0.131. The zero-order valence-corrected chi connectivity index (χ0v) is 11.1. The summed E-state index contributed by atoms with van der Waals surface area (Å²) in [6, 6.07) is 14.9. The Morgan fingerprint density at radius 3 is 2.25 bits per heavy atom. The Bertz CT molecular complexity index is 719. The van der Waals surface area contributed by atoms with Crippen molar-refractivity contribution >= 4 is 23.0 Å². The van der Waals surface area contributed by atoms with Crippen molar-refractivity contribution in [2.24, 2.45) is 5.73 Å². The standard InChI is InChI=1S/C16H15N3O/c1-18-15-10-6-2-3-7-11(10)16(20)19-13-9-5-4-8-12(13)14(15)17/h2-9,18H,17H2,1H3,(H,19,20). The monoisotopic (exact) mass is 265 g/mol. The molecule has 0 fully saturated rings. The number of carbonyl (C=O) groups is 1. The molecule has 2 aromatic carbocycles. The molecule has 1 aliphatic heterocycles. The highest BCUT2D eigenvalue weighted by molar-refractivity contribution is 6.12. The molecule has 4 nitrogen and oxygen atoms in total. The third-order valence-corrected chi connectivity index (χ3v) is 3.43. The number of fused-ring (bicyclic) bond motifs is 2. The lowest BCUT2D eigenvalue weighted by atomic mass is 9.97. The molecule has 2 aromatic rings. The van der Waals surface area contributed by atoms with Gasteiger partial charge < -0.3 is 16.4 Å². The molecule has 1 heterocycles. The van der Waals surface area contributed by atoms with E-state index in [9.17, 15) is 4.79 Å². The van der Waals surface area contributed by atoms with Crippen LogP contribution >= 0.6 is 0 Å². The summed E-state index contributed by atoms with van der Waals surface area (Å²) in [6.45, 7) is 0. The molecule has 0 atom stereocenters. The van der Waals surface area contributed by atoms with Crippen LogP contribution in [0.25, 0.3) is 11.4 Å². The van der Waals surface area contributed by atoms with Crippen molar-refractivity contribution in [2.45, 2.75) is 0 Å². The highest BCUT2D eigenvalue weighted by Crippen LogP contribution is 2.30. The third kappa shape index (κ3) is 1.82. The molecule has 20 heavy (non-hydrogen) atoms. The topological polar surface area (TPSA) is 67.2 Å². The number of nitrogens with two attached hydrogens (primary N) is 1. The first kappa shape index (κ1) is 12.3. The van der Waals surface area contributed by atoms with Crippen LogP contribution in [0.2, 0.25) is 0 Å². The van der Waals surface area contributed by atoms with Crippen molar-refractivity contribution in [2.75, 3.05) is 12.4 Å². The van der Waals surface area contributed by atoms with Crippen LogP contribution in [0.4, 0.5) is 5.69 Å². The van der Waals surface area contributed by atoms with Crippen LogP contribution in [-0.4, -0.2) is 13.0 Å². The average molecular weight is 265 g/mol. The second-order valence-electron chi connectivity index (χ2n) is 4.58. The van der Waals surface area contributed by atoms with E-state index in [0.29, 0.717) is 11.3 Å². The smallest absolute Gasteiger partial charge is 0.256 e. The summed E-state index contributed by atoms with van der Waals surface area (Å²) in [4.78, 5) is 12.4. The average Bonchev–Trinajstić information content (AvgIpc) is 2.48. The van der Waals surface area contributed by atoms with E-state index < -0.39 is 0 Å². The molecule has 0 saturated carbocycles. The zero-order valence-electron chi connectivity index (χ0n) is 11.1. The molecule has 0 unspecified atom stereocenters. The van der Waals surface area contributed by atoms with Gasteiger partial charge in [-0.2, -0.15) is 0 Å². The van der Waals surface area contributed by atoms with Gasteiger partial charge in [0.25, 0.3) is 5.91 Å². The molecule has 1 amide bonds. The van der Waals surface area contributed by atoms with E-state index in [-0.39, 0.29) is 5.91 Å². The minimum absolute atomic E-state index is 0.131. The number of nitrogens with one attached hydrogen (secondary N) is 2. The summed E-state index contributed by atoms with van der Waals surface area (Å²) in [6.07, 6.45) is 0. The Hall–Kier alpha value is -2.75. The largest absolute Gasteiger partial charge is 0.396 e. The first-order valence-corrected chi connectivity index (χ1v) is 6.40. The molecule has 1 aliphatic rings. The van der Waals surface area contributed by atoms with Crippen LogP contribution in [0.15, 0.2) is 48.5 Å². The first-order valence-electron chi connectivity index (χ1n) is 6.40. The lowest BCUT2D eigenvalue weighted by molar-refractivity contribution is 0.102. The molecule has 100 valence electrons.